The van der Waals surface area contributed by atoms with E-state index in [9.17, 15) is 9.18 Å². The smallest absolute Gasteiger partial charge is 0.338 e. The molecule has 10 heteroatoms. The van der Waals surface area contributed by atoms with Crippen molar-refractivity contribution in [3.05, 3.63) is 75.7 Å². The fraction of sp³-hybridized carbons (Fsp3) is 0.292. The van der Waals surface area contributed by atoms with Crippen LogP contribution in [0.15, 0.2) is 58.9 Å². The summed E-state index contributed by atoms with van der Waals surface area (Å²) in [5.41, 5.74) is 2.22. The van der Waals surface area contributed by atoms with Crippen molar-refractivity contribution in [2.45, 2.75) is 38.6 Å². The van der Waals surface area contributed by atoms with Gasteiger partial charge >= 0.3 is 5.97 Å². The number of halogens is 2. The van der Waals surface area contributed by atoms with Gasteiger partial charge in [0.25, 0.3) is 0 Å². The highest BCUT2D eigenvalue weighted by molar-refractivity contribution is 7.99. The molecule has 2 aromatic carbocycles. The highest BCUT2D eigenvalue weighted by Gasteiger charge is 2.35. The molecular weight excluding hydrogens is 479 g/mol. The molecule has 0 bridgehead atoms. The van der Waals surface area contributed by atoms with Crippen LogP contribution in [0.25, 0.3) is 0 Å². The Bertz CT molecular complexity index is 1210. The third kappa shape index (κ3) is 4.90. The highest BCUT2D eigenvalue weighted by atomic mass is 35.5. The number of thioether (sulfide) groups is 1. The Morgan fingerprint density at radius 3 is 2.68 bits per heavy atom. The molecule has 0 amide bonds. The van der Waals surface area contributed by atoms with Crippen LogP contribution < -0.4 is 10.1 Å². The van der Waals surface area contributed by atoms with Crippen molar-refractivity contribution in [2.75, 3.05) is 17.7 Å². The minimum absolute atomic E-state index is 0.00386. The number of benzene rings is 2. The second-order valence-corrected chi connectivity index (χ2v) is 9.08. The normalized spacial score (nSPS) is 15.0. The standard InChI is InChI=1S/C24H24ClFN4O3S/c1-4-32-22(31)20-14(3)27-23-28-24(34-5-2)29-30(23)21(20)15-9-11-16(12-10-15)33-13-17-18(25)7-6-8-19(17)26/h6-12,21H,4-5,13H2,1-3H3,(H,27,28,29). The minimum atomic E-state index is -0.524. The van der Waals surface area contributed by atoms with Crippen molar-refractivity contribution in [3.8, 4) is 5.75 Å². The lowest BCUT2D eigenvalue weighted by atomic mass is 9.96. The van der Waals surface area contributed by atoms with Crippen LogP contribution in [-0.4, -0.2) is 33.1 Å². The molecule has 7 nitrogen and oxygen atoms in total. The number of carbonyl (C=O) groups is 1. The molecular formula is C24H24ClFN4O3S. The molecule has 0 spiro atoms. The van der Waals surface area contributed by atoms with Crippen molar-refractivity contribution < 1.29 is 18.7 Å². The van der Waals surface area contributed by atoms with Crippen LogP contribution in [0.5, 0.6) is 5.75 Å². The number of carbonyl (C=O) groups excluding carboxylic acids is 1. The van der Waals surface area contributed by atoms with Crippen molar-refractivity contribution in [2.24, 2.45) is 0 Å². The summed E-state index contributed by atoms with van der Waals surface area (Å²) in [6, 6.07) is 11.2. The van der Waals surface area contributed by atoms with Crippen LogP contribution >= 0.6 is 23.4 Å². The SMILES string of the molecule is CCOC(=O)C1=C(C)Nc2nc(SCC)nn2C1c1ccc(OCc2c(F)cccc2Cl)cc1. The Balaban J connectivity index is 1.64. The maximum absolute atomic E-state index is 14.0. The van der Waals surface area contributed by atoms with Crippen LogP contribution in [0.4, 0.5) is 10.3 Å². The molecule has 4 rings (SSSR count). The number of rotatable bonds is 8. The van der Waals surface area contributed by atoms with Crippen molar-refractivity contribution in [1.29, 1.82) is 0 Å². The summed E-state index contributed by atoms with van der Waals surface area (Å²) in [7, 11) is 0. The van der Waals surface area contributed by atoms with Gasteiger partial charge in [0, 0.05) is 11.3 Å². The van der Waals surface area contributed by atoms with E-state index in [0.717, 1.165) is 11.3 Å². The van der Waals surface area contributed by atoms with Gasteiger partial charge in [0.2, 0.25) is 11.1 Å². The number of esters is 1. The zero-order chi connectivity index (χ0) is 24.2. The molecule has 2 heterocycles. The first kappa shape index (κ1) is 24.1. The van der Waals surface area contributed by atoms with E-state index in [4.69, 9.17) is 21.1 Å². The zero-order valence-electron chi connectivity index (χ0n) is 19.0. The van der Waals surface area contributed by atoms with Crippen LogP contribution in [0, 0.1) is 5.82 Å². The molecule has 1 atom stereocenters. The van der Waals surface area contributed by atoms with Gasteiger partial charge in [-0.3, -0.25) is 0 Å². The molecule has 0 aliphatic carbocycles. The van der Waals surface area contributed by atoms with Crippen LogP contribution in [0.2, 0.25) is 5.02 Å². The molecule has 178 valence electrons. The molecule has 0 radical (unpaired) electrons. The largest absolute Gasteiger partial charge is 0.489 e. The van der Waals surface area contributed by atoms with E-state index >= 15 is 0 Å². The summed E-state index contributed by atoms with van der Waals surface area (Å²) < 4.78 is 26.8. The van der Waals surface area contributed by atoms with Gasteiger partial charge in [-0.25, -0.2) is 13.9 Å². The Morgan fingerprint density at radius 2 is 2.00 bits per heavy atom. The number of anilines is 1. The topological polar surface area (TPSA) is 78.3 Å². The molecule has 1 aliphatic rings. The van der Waals surface area contributed by atoms with E-state index in [1.165, 1.54) is 17.8 Å². The van der Waals surface area contributed by atoms with Gasteiger partial charge in [0.1, 0.15) is 24.2 Å². The fourth-order valence-corrected chi connectivity index (χ4v) is 4.45. The van der Waals surface area contributed by atoms with Crippen LogP contribution in [0.1, 0.15) is 37.9 Å². The number of aromatic nitrogens is 3. The van der Waals surface area contributed by atoms with Gasteiger partial charge < -0.3 is 14.8 Å². The average Bonchev–Trinajstić information content (AvgIpc) is 3.20. The third-order valence-electron chi connectivity index (χ3n) is 5.24. The quantitative estimate of drug-likeness (QED) is 0.316. The fourth-order valence-electron chi connectivity index (χ4n) is 3.68. The number of allylic oxidation sites excluding steroid dienone is 1. The number of nitrogens with zero attached hydrogens (tertiary/aromatic N) is 3. The average molecular weight is 503 g/mol. The van der Waals surface area contributed by atoms with E-state index in [1.807, 2.05) is 26.0 Å². The van der Waals surface area contributed by atoms with Crippen molar-refractivity contribution in [3.63, 3.8) is 0 Å². The zero-order valence-corrected chi connectivity index (χ0v) is 20.5. The van der Waals surface area contributed by atoms with Gasteiger partial charge in [-0.05, 0) is 49.4 Å². The van der Waals surface area contributed by atoms with Gasteiger partial charge in [-0.2, -0.15) is 4.98 Å². The Labute approximate surface area is 206 Å². The second kappa shape index (κ2) is 10.5. The Morgan fingerprint density at radius 1 is 1.24 bits per heavy atom. The molecule has 34 heavy (non-hydrogen) atoms. The van der Waals surface area contributed by atoms with Crippen LogP contribution in [0.3, 0.4) is 0 Å². The number of hydrogen-bond acceptors (Lipinski definition) is 7. The Kier molecular flexibility index (Phi) is 7.43. The summed E-state index contributed by atoms with van der Waals surface area (Å²) in [6.07, 6.45) is 0. The number of hydrogen-bond donors (Lipinski definition) is 1. The maximum atomic E-state index is 14.0. The van der Waals surface area contributed by atoms with Gasteiger partial charge in [-0.15, -0.1) is 5.10 Å². The van der Waals surface area contributed by atoms with E-state index in [1.54, 1.807) is 35.9 Å². The van der Waals surface area contributed by atoms with E-state index in [0.29, 0.717) is 38.7 Å². The molecule has 1 aromatic heterocycles. The van der Waals surface area contributed by atoms with E-state index < -0.39 is 17.8 Å². The summed E-state index contributed by atoms with van der Waals surface area (Å²) in [5, 5.41) is 8.72. The predicted octanol–water partition coefficient (Wildman–Crippen LogP) is 5.61. The van der Waals surface area contributed by atoms with Crippen molar-refractivity contribution >= 4 is 35.3 Å². The third-order valence-corrected chi connectivity index (χ3v) is 6.32. The second-order valence-electron chi connectivity index (χ2n) is 7.44. The molecule has 1 aliphatic heterocycles. The predicted molar refractivity (Wildman–Crippen MR) is 130 cm³/mol. The molecule has 0 saturated carbocycles. The maximum Gasteiger partial charge on any atom is 0.338 e. The minimum Gasteiger partial charge on any atom is -0.489 e. The Hall–Kier alpha value is -3.04. The number of ether oxygens (including phenoxy) is 2. The molecule has 1 N–H and O–H groups in total. The molecule has 1 unspecified atom stereocenters. The first-order valence-corrected chi connectivity index (χ1v) is 12.2. The first-order chi connectivity index (χ1) is 16.4. The summed E-state index contributed by atoms with van der Waals surface area (Å²) in [5.74, 6) is 1.08. The number of nitrogens with one attached hydrogen (secondary N) is 1. The van der Waals surface area contributed by atoms with Gasteiger partial charge in [-0.1, -0.05) is 48.5 Å². The summed E-state index contributed by atoms with van der Waals surface area (Å²) >= 11 is 7.60. The lowest BCUT2D eigenvalue weighted by Crippen LogP contribution is -2.29. The van der Waals surface area contributed by atoms with Crippen LogP contribution in [-0.2, 0) is 16.1 Å². The molecule has 3 aromatic rings. The highest BCUT2D eigenvalue weighted by Crippen LogP contribution is 2.37. The lowest BCUT2D eigenvalue weighted by Gasteiger charge is -2.28. The number of fused-ring (bicyclic) bond motifs is 1. The van der Waals surface area contributed by atoms with E-state index in [-0.39, 0.29) is 13.2 Å². The summed E-state index contributed by atoms with van der Waals surface area (Å²) in [6.45, 7) is 5.87. The van der Waals surface area contributed by atoms with Crippen molar-refractivity contribution in [1.82, 2.24) is 14.8 Å². The molecule has 0 saturated heterocycles. The summed E-state index contributed by atoms with van der Waals surface area (Å²) in [4.78, 5) is 17.4. The molecule has 0 fully saturated rings. The lowest BCUT2D eigenvalue weighted by molar-refractivity contribution is -0.139. The first-order valence-electron chi connectivity index (χ1n) is 10.8. The van der Waals surface area contributed by atoms with Gasteiger partial charge in [0.05, 0.1) is 17.2 Å². The van der Waals surface area contributed by atoms with Gasteiger partial charge in [0.15, 0.2) is 0 Å². The van der Waals surface area contributed by atoms with E-state index in [2.05, 4.69) is 15.4 Å². The monoisotopic (exact) mass is 502 g/mol.